The minimum atomic E-state index is -0.934. The quantitative estimate of drug-likeness (QED) is 0.775. The number of carbonyl (C=O) groups is 2. The fraction of sp³-hybridized carbons (Fsp3) is 0.273. The molecule has 0 radical (unpaired) electrons. The highest BCUT2D eigenvalue weighted by Gasteiger charge is 2.03. The van der Waals surface area contributed by atoms with Gasteiger partial charge in [-0.3, -0.25) is 4.79 Å². The summed E-state index contributed by atoms with van der Waals surface area (Å²) in [6.45, 7) is 0.511. The Morgan fingerprint density at radius 2 is 1.94 bits per heavy atom. The summed E-state index contributed by atoms with van der Waals surface area (Å²) in [7, 11) is 0. The fourth-order valence-corrected chi connectivity index (χ4v) is 1.59. The summed E-state index contributed by atoms with van der Waals surface area (Å²) in [4.78, 5) is 21.5. The van der Waals surface area contributed by atoms with Crippen LogP contribution in [0.3, 0.4) is 0 Å². The predicted molar refractivity (Wildman–Crippen MR) is 66.6 cm³/mol. The topological polar surface area (TPSA) is 78.4 Å². The first-order valence-electron chi connectivity index (χ1n) is 5.06. The number of amides is 2. The molecule has 0 aliphatic carbocycles. The van der Waals surface area contributed by atoms with Gasteiger partial charge in [0, 0.05) is 17.6 Å². The predicted octanol–water partition coefficient (Wildman–Crippen LogP) is 1.72. The SMILES string of the molecule is O=C(O)CCNC(=O)NCc1ccccc1Br. The highest BCUT2D eigenvalue weighted by Crippen LogP contribution is 2.14. The van der Waals surface area contributed by atoms with Gasteiger partial charge in [0.1, 0.15) is 0 Å². The van der Waals surface area contributed by atoms with E-state index in [4.69, 9.17) is 5.11 Å². The van der Waals surface area contributed by atoms with Crippen molar-refractivity contribution in [1.29, 1.82) is 0 Å². The molecule has 0 aromatic heterocycles. The smallest absolute Gasteiger partial charge is 0.315 e. The van der Waals surface area contributed by atoms with Crippen LogP contribution >= 0.6 is 15.9 Å². The Balaban J connectivity index is 2.29. The standard InChI is InChI=1S/C11H13BrN2O3/c12-9-4-2-1-3-8(9)7-14-11(17)13-6-5-10(15)16/h1-4H,5-7H2,(H,15,16)(H2,13,14,17). The Morgan fingerprint density at radius 1 is 1.24 bits per heavy atom. The number of benzene rings is 1. The van der Waals surface area contributed by atoms with E-state index in [1.54, 1.807) is 0 Å². The van der Waals surface area contributed by atoms with E-state index in [1.807, 2.05) is 24.3 Å². The second-order valence-electron chi connectivity index (χ2n) is 3.34. The summed E-state index contributed by atoms with van der Waals surface area (Å²) in [6, 6.07) is 7.17. The van der Waals surface area contributed by atoms with Gasteiger partial charge < -0.3 is 15.7 Å². The van der Waals surface area contributed by atoms with Crippen LogP contribution in [0.4, 0.5) is 4.79 Å². The molecular weight excluding hydrogens is 288 g/mol. The van der Waals surface area contributed by atoms with Crippen molar-refractivity contribution in [2.75, 3.05) is 6.54 Å². The van der Waals surface area contributed by atoms with E-state index in [0.29, 0.717) is 6.54 Å². The zero-order valence-electron chi connectivity index (χ0n) is 9.07. The first kappa shape index (κ1) is 13.5. The first-order valence-corrected chi connectivity index (χ1v) is 5.86. The lowest BCUT2D eigenvalue weighted by Gasteiger charge is -2.07. The zero-order chi connectivity index (χ0) is 12.7. The number of aliphatic carboxylic acids is 1. The van der Waals surface area contributed by atoms with Gasteiger partial charge in [0.05, 0.1) is 6.42 Å². The summed E-state index contributed by atoms with van der Waals surface area (Å²) >= 11 is 3.37. The molecule has 0 fully saturated rings. The lowest BCUT2D eigenvalue weighted by Crippen LogP contribution is -2.36. The Morgan fingerprint density at radius 3 is 2.59 bits per heavy atom. The van der Waals surface area contributed by atoms with Crippen molar-refractivity contribution in [3.05, 3.63) is 34.3 Å². The van der Waals surface area contributed by atoms with E-state index in [1.165, 1.54) is 0 Å². The van der Waals surface area contributed by atoms with E-state index in [0.717, 1.165) is 10.0 Å². The number of carbonyl (C=O) groups excluding carboxylic acids is 1. The zero-order valence-corrected chi connectivity index (χ0v) is 10.7. The fourth-order valence-electron chi connectivity index (χ4n) is 1.16. The summed E-state index contributed by atoms with van der Waals surface area (Å²) in [5, 5.41) is 13.5. The number of urea groups is 1. The Labute approximate surface area is 107 Å². The van der Waals surface area contributed by atoms with Crippen molar-refractivity contribution >= 4 is 27.9 Å². The third-order valence-electron chi connectivity index (χ3n) is 2.02. The average Bonchev–Trinajstić information content (AvgIpc) is 2.27. The van der Waals surface area contributed by atoms with E-state index in [2.05, 4.69) is 26.6 Å². The maximum atomic E-state index is 11.3. The van der Waals surface area contributed by atoms with Gasteiger partial charge in [-0.25, -0.2) is 4.79 Å². The normalized spacial score (nSPS) is 9.71. The van der Waals surface area contributed by atoms with E-state index in [-0.39, 0.29) is 19.0 Å². The number of hydrogen-bond acceptors (Lipinski definition) is 2. The molecule has 0 heterocycles. The molecule has 5 nitrogen and oxygen atoms in total. The van der Waals surface area contributed by atoms with Crippen LogP contribution in [-0.2, 0) is 11.3 Å². The van der Waals surface area contributed by atoms with Crippen molar-refractivity contribution < 1.29 is 14.7 Å². The molecule has 3 N–H and O–H groups in total. The Bertz CT molecular complexity index is 409. The second-order valence-corrected chi connectivity index (χ2v) is 4.20. The number of hydrogen-bond donors (Lipinski definition) is 3. The van der Waals surface area contributed by atoms with Crippen LogP contribution in [0, 0.1) is 0 Å². The first-order chi connectivity index (χ1) is 8.09. The number of rotatable bonds is 5. The van der Waals surface area contributed by atoms with Crippen molar-refractivity contribution in [2.45, 2.75) is 13.0 Å². The van der Waals surface area contributed by atoms with Gasteiger partial charge in [0.15, 0.2) is 0 Å². The van der Waals surface area contributed by atoms with Crippen molar-refractivity contribution in [2.24, 2.45) is 0 Å². The Hall–Kier alpha value is -1.56. The van der Waals surface area contributed by atoms with Crippen LogP contribution in [0.15, 0.2) is 28.7 Å². The van der Waals surface area contributed by atoms with Gasteiger partial charge in [-0.05, 0) is 11.6 Å². The number of carboxylic acids is 1. The van der Waals surface area contributed by atoms with Crippen molar-refractivity contribution in [3.63, 3.8) is 0 Å². The van der Waals surface area contributed by atoms with Gasteiger partial charge in [-0.1, -0.05) is 34.1 Å². The lowest BCUT2D eigenvalue weighted by atomic mass is 10.2. The summed E-state index contributed by atoms with van der Waals surface area (Å²) in [6.07, 6.45) is -0.0809. The molecule has 0 atom stereocenters. The molecule has 2 amide bonds. The molecule has 1 aromatic carbocycles. The largest absolute Gasteiger partial charge is 0.481 e. The molecule has 0 saturated heterocycles. The molecule has 1 rings (SSSR count). The lowest BCUT2D eigenvalue weighted by molar-refractivity contribution is -0.136. The van der Waals surface area contributed by atoms with Crippen LogP contribution in [0.5, 0.6) is 0 Å². The summed E-state index contributed by atoms with van der Waals surface area (Å²) < 4.78 is 0.922. The third kappa shape index (κ3) is 5.35. The molecule has 1 aromatic rings. The molecule has 0 bridgehead atoms. The maximum absolute atomic E-state index is 11.3. The van der Waals surface area contributed by atoms with Gasteiger partial charge >= 0.3 is 12.0 Å². The number of halogens is 1. The maximum Gasteiger partial charge on any atom is 0.315 e. The Kier molecular flexibility index (Phi) is 5.48. The van der Waals surface area contributed by atoms with Crippen LogP contribution in [0.2, 0.25) is 0 Å². The van der Waals surface area contributed by atoms with Gasteiger partial charge in [-0.2, -0.15) is 0 Å². The average molecular weight is 301 g/mol. The van der Waals surface area contributed by atoms with Crippen LogP contribution < -0.4 is 10.6 Å². The number of carboxylic acid groups (broad SMARTS) is 1. The minimum Gasteiger partial charge on any atom is -0.481 e. The summed E-state index contributed by atoms with van der Waals surface area (Å²) in [5.74, 6) is -0.934. The minimum absolute atomic E-state index is 0.0809. The molecule has 0 saturated carbocycles. The molecule has 0 aliphatic heterocycles. The molecular formula is C11H13BrN2O3. The molecule has 0 unspecified atom stereocenters. The molecule has 17 heavy (non-hydrogen) atoms. The molecule has 92 valence electrons. The van der Waals surface area contributed by atoms with E-state index >= 15 is 0 Å². The molecule has 6 heteroatoms. The van der Waals surface area contributed by atoms with Gasteiger partial charge in [0.2, 0.25) is 0 Å². The van der Waals surface area contributed by atoms with Crippen LogP contribution in [0.25, 0.3) is 0 Å². The van der Waals surface area contributed by atoms with Crippen molar-refractivity contribution in [3.8, 4) is 0 Å². The molecule has 0 aliphatic rings. The van der Waals surface area contributed by atoms with Crippen LogP contribution in [-0.4, -0.2) is 23.7 Å². The number of nitrogens with one attached hydrogen (secondary N) is 2. The van der Waals surface area contributed by atoms with Gasteiger partial charge in [0.25, 0.3) is 0 Å². The highest BCUT2D eigenvalue weighted by atomic mass is 79.9. The van der Waals surface area contributed by atoms with Crippen molar-refractivity contribution in [1.82, 2.24) is 10.6 Å². The van der Waals surface area contributed by atoms with Crippen LogP contribution in [0.1, 0.15) is 12.0 Å². The molecule has 0 spiro atoms. The third-order valence-corrected chi connectivity index (χ3v) is 2.80. The summed E-state index contributed by atoms with van der Waals surface area (Å²) in [5.41, 5.74) is 0.959. The highest BCUT2D eigenvalue weighted by molar-refractivity contribution is 9.10. The van der Waals surface area contributed by atoms with E-state index in [9.17, 15) is 9.59 Å². The van der Waals surface area contributed by atoms with E-state index < -0.39 is 5.97 Å². The monoisotopic (exact) mass is 300 g/mol. The van der Waals surface area contributed by atoms with Gasteiger partial charge in [-0.15, -0.1) is 0 Å². The second kappa shape index (κ2) is 6.90.